The molecular formula is C28H33N7O3S. The monoisotopic (exact) mass is 547 g/mol. The summed E-state index contributed by atoms with van der Waals surface area (Å²) in [6, 6.07) is 9.12. The molecule has 2 saturated heterocycles. The van der Waals surface area contributed by atoms with E-state index in [4.69, 9.17) is 9.72 Å². The molecule has 2 N–H and O–H groups in total. The maximum atomic E-state index is 14.1. The highest BCUT2D eigenvalue weighted by molar-refractivity contribution is 7.10. The van der Waals surface area contributed by atoms with Gasteiger partial charge in [0.2, 0.25) is 11.8 Å². The predicted octanol–water partition coefficient (Wildman–Crippen LogP) is 3.19. The van der Waals surface area contributed by atoms with Crippen molar-refractivity contribution in [2.75, 3.05) is 26.8 Å². The zero-order valence-electron chi connectivity index (χ0n) is 22.2. The minimum atomic E-state index is -0.573. The highest BCUT2D eigenvalue weighted by Gasteiger charge is 2.40. The molecule has 11 heteroatoms. The number of para-hydroxylation sites is 1. The van der Waals surface area contributed by atoms with Crippen LogP contribution in [0.2, 0.25) is 0 Å². The molecule has 5 heterocycles. The molecule has 0 radical (unpaired) electrons. The van der Waals surface area contributed by atoms with Crippen LogP contribution < -0.4 is 10.6 Å². The Morgan fingerprint density at radius 3 is 2.82 bits per heavy atom. The fraction of sp³-hybridized carbons (Fsp3) is 0.464. The second-order valence-corrected chi connectivity index (χ2v) is 11.2. The maximum absolute atomic E-state index is 14.1. The molecule has 2 aliphatic rings. The van der Waals surface area contributed by atoms with Gasteiger partial charge in [0.15, 0.2) is 5.65 Å². The Balaban J connectivity index is 1.30. The van der Waals surface area contributed by atoms with Crippen molar-refractivity contribution in [3.63, 3.8) is 0 Å². The van der Waals surface area contributed by atoms with Crippen molar-refractivity contribution in [3.8, 4) is 11.3 Å². The first kappa shape index (κ1) is 25.8. The van der Waals surface area contributed by atoms with Crippen LogP contribution in [-0.4, -0.2) is 75.2 Å². The van der Waals surface area contributed by atoms with E-state index in [9.17, 15) is 9.59 Å². The molecule has 0 bridgehead atoms. The van der Waals surface area contributed by atoms with Gasteiger partial charge in [-0.3, -0.25) is 14.0 Å². The maximum Gasteiger partial charge on any atom is 0.246 e. The molecule has 3 aromatic heterocycles. The standard InChI is InChI=1S/C28H33N7O3S/c1-17(29-2)26(36)32-25(18-9-12-38-13-10-18)28(37)34-11-5-8-23(34)27-31-21(15-39-27)20-14-24-33-30-16-35(24)22-7-4-3-6-19(20)22/h3-4,6-7,14-18,23,25,29H,5,8-13H2,1-2H3,(H,32,36)/t17-,23-,25-/m0/s1. The SMILES string of the molecule is CN[C@@H](C)C(=O)N[C@H](C(=O)N1CCC[C@H]1c1nc(-c2cc3nncn3c3ccccc23)cs1)C1CCOCC1. The zero-order valence-corrected chi connectivity index (χ0v) is 23.0. The number of aromatic nitrogens is 4. The number of likely N-dealkylation sites (tertiary alicyclic amines) is 1. The number of fused-ring (bicyclic) bond motifs is 3. The van der Waals surface area contributed by atoms with E-state index in [-0.39, 0.29) is 29.8 Å². The van der Waals surface area contributed by atoms with Gasteiger partial charge in [-0.05, 0) is 57.7 Å². The van der Waals surface area contributed by atoms with Crippen molar-refractivity contribution in [3.05, 3.63) is 47.0 Å². The van der Waals surface area contributed by atoms with Crippen LogP contribution in [-0.2, 0) is 14.3 Å². The third-order valence-electron chi connectivity index (χ3n) is 8.05. The normalized spacial score (nSPS) is 19.9. The summed E-state index contributed by atoms with van der Waals surface area (Å²) >= 11 is 1.58. The van der Waals surface area contributed by atoms with Crippen molar-refractivity contribution >= 4 is 39.7 Å². The molecule has 0 saturated carbocycles. The Morgan fingerprint density at radius 1 is 1.18 bits per heavy atom. The third-order valence-corrected chi connectivity index (χ3v) is 8.99. The second-order valence-electron chi connectivity index (χ2n) is 10.3. The van der Waals surface area contributed by atoms with Crippen LogP contribution in [0.1, 0.15) is 43.7 Å². The average molecular weight is 548 g/mol. The molecule has 6 rings (SSSR count). The summed E-state index contributed by atoms with van der Waals surface area (Å²) in [5.74, 6) is -0.132. The van der Waals surface area contributed by atoms with Crippen molar-refractivity contribution in [2.45, 2.75) is 50.7 Å². The van der Waals surface area contributed by atoms with E-state index in [1.165, 1.54) is 0 Å². The molecule has 3 atom stereocenters. The Bertz CT molecular complexity index is 1490. The summed E-state index contributed by atoms with van der Waals surface area (Å²) in [4.78, 5) is 33.9. The Kier molecular flexibility index (Phi) is 7.28. The lowest BCUT2D eigenvalue weighted by atomic mass is 9.90. The molecule has 2 fully saturated rings. The highest BCUT2D eigenvalue weighted by Crippen LogP contribution is 2.38. The van der Waals surface area contributed by atoms with Gasteiger partial charge < -0.3 is 20.3 Å². The fourth-order valence-corrected chi connectivity index (χ4v) is 6.69. The summed E-state index contributed by atoms with van der Waals surface area (Å²) in [6.45, 7) is 3.67. The van der Waals surface area contributed by atoms with Crippen molar-refractivity contribution in [1.29, 1.82) is 0 Å². The first-order valence-corrected chi connectivity index (χ1v) is 14.5. The van der Waals surface area contributed by atoms with E-state index in [1.807, 2.05) is 27.5 Å². The zero-order chi connectivity index (χ0) is 26.9. The number of carbonyl (C=O) groups is 2. The molecule has 4 aromatic rings. The lowest BCUT2D eigenvalue weighted by Gasteiger charge is -2.35. The molecule has 204 valence electrons. The van der Waals surface area contributed by atoms with Crippen molar-refractivity contribution in [1.82, 2.24) is 35.1 Å². The smallest absolute Gasteiger partial charge is 0.246 e. The molecular weight excluding hydrogens is 514 g/mol. The molecule has 0 spiro atoms. The van der Waals surface area contributed by atoms with Gasteiger partial charge in [-0.25, -0.2) is 4.98 Å². The number of pyridine rings is 1. The average Bonchev–Trinajstić information content (AvgIpc) is 3.75. The van der Waals surface area contributed by atoms with Gasteiger partial charge in [0, 0.05) is 36.1 Å². The summed E-state index contributed by atoms with van der Waals surface area (Å²) in [6.07, 6.45) is 4.98. The van der Waals surface area contributed by atoms with Gasteiger partial charge in [0.1, 0.15) is 17.4 Å². The van der Waals surface area contributed by atoms with E-state index < -0.39 is 6.04 Å². The number of hydrogen-bond acceptors (Lipinski definition) is 8. The number of likely N-dealkylation sites (N-methyl/N-ethyl adjacent to an activating group) is 1. The number of nitrogens with zero attached hydrogens (tertiary/aromatic N) is 5. The number of rotatable bonds is 7. The Labute approximate surface area is 230 Å². The van der Waals surface area contributed by atoms with E-state index >= 15 is 0 Å². The van der Waals surface area contributed by atoms with Gasteiger partial charge in [-0.15, -0.1) is 21.5 Å². The molecule has 2 aliphatic heterocycles. The highest BCUT2D eigenvalue weighted by atomic mass is 32.1. The van der Waals surface area contributed by atoms with E-state index in [1.54, 1.807) is 31.6 Å². The van der Waals surface area contributed by atoms with Crippen LogP contribution >= 0.6 is 11.3 Å². The number of carbonyl (C=O) groups excluding carboxylic acids is 2. The topological polar surface area (TPSA) is 114 Å². The van der Waals surface area contributed by atoms with Crippen LogP contribution in [0.25, 0.3) is 27.8 Å². The van der Waals surface area contributed by atoms with Gasteiger partial charge in [-0.1, -0.05) is 18.2 Å². The van der Waals surface area contributed by atoms with Crippen LogP contribution in [0, 0.1) is 5.92 Å². The molecule has 0 aliphatic carbocycles. The van der Waals surface area contributed by atoms with Gasteiger partial charge >= 0.3 is 0 Å². The molecule has 1 aromatic carbocycles. The largest absolute Gasteiger partial charge is 0.381 e. The number of nitrogens with one attached hydrogen (secondary N) is 2. The van der Waals surface area contributed by atoms with Crippen LogP contribution in [0.4, 0.5) is 0 Å². The summed E-state index contributed by atoms with van der Waals surface area (Å²) in [5.41, 5.74) is 3.65. The van der Waals surface area contributed by atoms with Crippen LogP contribution in [0.3, 0.4) is 0 Å². The summed E-state index contributed by atoms with van der Waals surface area (Å²) in [5, 5.41) is 18.5. The van der Waals surface area contributed by atoms with Crippen molar-refractivity contribution in [2.24, 2.45) is 5.92 Å². The van der Waals surface area contributed by atoms with E-state index in [0.29, 0.717) is 19.8 Å². The number of hydrogen-bond donors (Lipinski definition) is 2. The quantitative estimate of drug-likeness (QED) is 0.365. The minimum absolute atomic E-state index is 0.0202. The number of benzene rings is 1. The van der Waals surface area contributed by atoms with Gasteiger partial charge in [0.05, 0.1) is 23.3 Å². The number of ether oxygens (including phenoxy) is 1. The first-order valence-electron chi connectivity index (χ1n) is 13.6. The Morgan fingerprint density at radius 2 is 2.00 bits per heavy atom. The fourth-order valence-electron chi connectivity index (χ4n) is 5.73. The van der Waals surface area contributed by atoms with E-state index in [2.05, 4.69) is 38.3 Å². The predicted molar refractivity (Wildman–Crippen MR) is 149 cm³/mol. The molecule has 39 heavy (non-hydrogen) atoms. The van der Waals surface area contributed by atoms with Gasteiger partial charge in [-0.2, -0.15) is 0 Å². The number of amides is 2. The second kappa shape index (κ2) is 11.0. The Hall–Kier alpha value is -3.41. The summed E-state index contributed by atoms with van der Waals surface area (Å²) in [7, 11) is 1.75. The van der Waals surface area contributed by atoms with Gasteiger partial charge in [0.25, 0.3) is 0 Å². The van der Waals surface area contributed by atoms with Crippen LogP contribution in [0.15, 0.2) is 42.0 Å². The minimum Gasteiger partial charge on any atom is -0.381 e. The summed E-state index contributed by atoms with van der Waals surface area (Å²) < 4.78 is 7.52. The third kappa shape index (κ3) is 4.90. The number of thiazole rings is 1. The van der Waals surface area contributed by atoms with Crippen molar-refractivity contribution < 1.29 is 14.3 Å². The van der Waals surface area contributed by atoms with E-state index in [0.717, 1.165) is 58.5 Å². The molecule has 2 amide bonds. The molecule has 0 unspecified atom stereocenters. The lowest BCUT2D eigenvalue weighted by molar-refractivity contribution is -0.140. The molecule has 10 nitrogen and oxygen atoms in total. The first-order chi connectivity index (χ1) is 19.0. The lowest BCUT2D eigenvalue weighted by Crippen LogP contribution is -2.56. The van der Waals surface area contributed by atoms with Crippen LogP contribution in [0.5, 0.6) is 0 Å².